The lowest BCUT2D eigenvalue weighted by atomic mass is 9.97. The molecule has 0 radical (unpaired) electrons. The average Bonchev–Trinajstić information content (AvgIpc) is 2.60. The van der Waals surface area contributed by atoms with Gasteiger partial charge in [0.1, 0.15) is 0 Å². The SMILES string of the molecule is CC1=CC=CC(c2ccc3ncc(=O)[nH]c3c2)=C(Cl)C1C. The maximum absolute atomic E-state index is 11.4. The van der Waals surface area contributed by atoms with Crippen molar-refractivity contribution in [1.29, 1.82) is 0 Å². The van der Waals surface area contributed by atoms with Gasteiger partial charge in [-0.1, -0.05) is 48.4 Å². The van der Waals surface area contributed by atoms with Crippen LogP contribution in [0.25, 0.3) is 16.6 Å². The van der Waals surface area contributed by atoms with Gasteiger partial charge < -0.3 is 4.98 Å². The summed E-state index contributed by atoms with van der Waals surface area (Å²) < 4.78 is 0. The van der Waals surface area contributed by atoms with Crippen molar-refractivity contribution in [3.8, 4) is 0 Å². The van der Waals surface area contributed by atoms with Crippen LogP contribution in [0.15, 0.2) is 58.0 Å². The summed E-state index contributed by atoms with van der Waals surface area (Å²) in [4.78, 5) is 18.3. The summed E-state index contributed by atoms with van der Waals surface area (Å²) in [5, 5.41) is 0.808. The first-order chi connectivity index (χ1) is 10.1. The van der Waals surface area contributed by atoms with E-state index in [1.807, 2.05) is 30.4 Å². The number of rotatable bonds is 1. The Hall–Kier alpha value is -2.13. The second-order valence-electron chi connectivity index (χ2n) is 5.23. The lowest BCUT2D eigenvalue weighted by Crippen LogP contribution is -2.05. The van der Waals surface area contributed by atoms with Crippen LogP contribution in [0.1, 0.15) is 19.4 Å². The van der Waals surface area contributed by atoms with Crippen LogP contribution >= 0.6 is 11.6 Å². The molecule has 0 spiro atoms. The van der Waals surface area contributed by atoms with Crippen molar-refractivity contribution < 1.29 is 0 Å². The maximum Gasteiger partial charge on any atom is 0.266 e. The van der Waals surface area contributed by atoms with E-state index in [2.05, 4.69) is 29.9 Å². The number of aromatic amines is 1. The highest BCUT2D eigenvalue weighted by Gasteiger charge is 2.16. The molecule has 0 saturated carbocycles. The van der Waals surface area contributed by atoms with E-state index >= 15 is 0 Å². The molecule has 0 amide bonds. The highest BCUT2D eigenvalue weighted by atomic mass is 35.5. The van der Waals surface area contributed by atoms with Crippen LogP contribution in [-0.4, -0.2) is 9.97 Å². The summed E-state index contributed by atoms with van der Waals surface area (Å²) in [7, 11) is 0. The number of fused-ring (bicyclic) bond motifs is 1. The van der Waals surface area contributed by atoms with Crippen molar-refractivity contribution in [3.05, 3.63) is 69.1 Å². The zero-order valence-corrected chi connectivity index (χ0v) is 12.6. The number of hydrogen-bond donors (Lipinski definition) is 1. The van der Waals surface area contributed by atoms with Gasteiger partial charge >= 0.3 is 0 Å². The fourth-order valence-corrected chi connectivity index (χ4v) is 2.74. The summed E-state index contributed by atoms with van der Waals surface area (Å²) in [6.45, 7) is 4.16. The summed E-state index contributed by atoms with van der Waals surface area (Å²) in [5.41, 5.74) is 4.44. The Morgan fingerprint density at radius 1 is 1.33 bits per heavy atom. The number of benzene rings is 1. The molecular weight excluding hydrogens is 284 g/mol. The molecule has 1 N–H and O–H groups in total. The largest absolute Gasteiger partial charge is 0.319 e. The van der Waals surface area contributed by atoms with E-state index in [1.54, 1.807) is 0 Å². The monoisotopic (exact) mass is 298 g/mol. The first-order valence-corrected chi connectivity index (χ1v) is 7.18. The molecule has 0 saturated heterocycles. The van der Waals surface area contributed by atoms with Gasteiger partial charge in [0.05, 0.1) is 17.2 Å². The number of halogens is 1. The molecule has 0 bridgehead atoms. The third-order valence-electron chi connectivity index (χ3n) is 3.83. The predicted molar refractivity (Wildman–Crippen MR) is 87.2 cm³/mol. The van der Waals surface area contributed by atoms with Crippen LogP contribution in [0.4, 0.5) is 0 Å². The van der Waals surface area contributed by atoms with Gasteiger partial charge in [0.15, 0.2) is 0 Å². The molecule has 1 aromatic heterocycles. The van der Waals surface area contributed by atoms with Crippen LogP contribution in [-0.2, 0) is 0 Å². The summed E-state index contributed by atoms with van der Waals surface area (Å²) in [6.07, 6.45) is 7.37. The van der Waals surface area contributed by atoms with E-state index in [9.17, 15) is 4.79 Å². The summed E-state index contributed by atoms with van der Waals surface area (Å²) in [6, 6.07) is 5.78. The molecule has 1 aliphatic carbocycles. The van der Waals surface area contributed by atoms with Crippen molar-refractivity contribution in [2.45, 2.75) is 13.8 Å². The molecular formula is C17H15ClN2O. The topological polar surface area (TPSA) is 45.8 Å². The number of nitrogens with one attached hydrogen (secondary N) is 1. The molecule has 1 aliphatic rings. The molecule has 1 atom stereocenters. The van der Waals surface area contributed by atoms with Gasteiger partial charge in [-0.25, -0.2) is 4.98 Å². The predicted octanol–water partition coefficient (Wildman–Crippen LogP) is 4.03. The smallest absolute Gasteiger partial charge is 0.266 e. The Kier molecular flexibility index (Phi) is 3.52. The fraction of sp³-hybridized carbons (Fsp3) is 0.176. The molecule has 1 unspecified atom stereocenters. The molecule has 0 fully saturated rings. The van der Waals surface area contributed by atoms with Gasteiger partial charge in [0, 0.05) is 11.0 Å². The van der Waals surface area contributed by atoms with Crippen LogP contribution in [0, 0.1) is 5.92 Å². The summed E-state index contributed by atoms with van der Waals surface area (Å²) >= 11 is 6.55. The van der Waals surface area contributed by atoms with Crippen LogP contribution in [0.3, 0.4) is 0 Å². The lowest BCUT2D eigenvalue weighted by Gasteiger charge is -2.13. The Labute approximate surface area is 127 Å². The Balaban J connectivity index is 2.18. The highest BCUT2D eigenvalue weighted by Crippen LogP contribution is 2.34. The minimum absolute atomic E-state index is 0.181. The van der Waals surface area contributed by atoms with E-state index in [-0.39, 0.29) is 11.5 Å². The standard InChI is InChI=1S/C17H15ClN2O/c1-10-4-3-5-13(17(18)11(10)2)12-6-7-14-15(8-12)20-16(21)9-19-14/h3-9,11H,1-2H3,(H,20,21). The third-order valence-corrected chi connectivity index (χ3v) is 4.36. The van der Waals surface area contributed by atoms with Gasteiger partial charge in [-0.15, -0.1) is 0 Å². The molecule has 1 heterocycles. The normalized spacial score (nSPS) is 18.8. The van der Waals surface area contributed by atoms with Crippen molar-refractivity contribution in [2.75, 3.05) is 0 Å². The van der Waals surface area contributed by atoms with E-state index in [0.29, 0.717) is 5.52 Å². The number of aromatic nitrogens is 2. The highest BCUT2D eigenvalue weighted by molar-refractivity contribution is 6.33. The average molecular weight is 299 g/mol. The summed E-state index contributed by atoms with van der Waals surface area (Å²) in [5.74, 6) is 0.181. The third kappa shape index (κ3) is 2.57. The second kappa shape index (κ2) is 5.34. The number of H-pyrrole nitrogens is 1. The molecule has 106 valence electrons. The minimum Gasteiger partial charge on any atom is -0.319 e. The zero-order chi connectivity index (χ0) is 15.0. The lowest BCUT2D eigenvalue weighted by molar-refractivity contribution is 0.849. The Morgan fingerprint density at radius 3 is 2.95 bits per heavy atom. The van der Waals surface area contributed by atoms with Crippen LogP contribution in [0.5, 0.6) is 0 Å². The van der Waals surface area contributed by atoms with Crippen molar-refractivity contribution >= 4 is 28.2 Å². The van der Waals surface area contributed by atoms with Gasteiger partial charge in [0.2, 0.25) is 0 Å². The van der Waals surface area contributed by atoms with Gasteiger partial charge in [0.25, 0.3) is 5.56 Å². The number of allylic oxidation sites excluding steroid dienone is 6. The van der Waals surface area contributed by atoms with Crippen LogP contribution < -0.4 is 5.56 Å². The van der Waals surface area contributed by atoms with E-state index in [4.69, 9.17) is 11.6 Å². The molecule has 1 aromatic carbocycles. The van der Waals surface area contributed by atoms with Gasteiger partial charge in [-0.05, 0) is 30.2 Å². The molecule has 3 rings (SSSR count). The van der Waals surface area contributed by atoms with E-state index in [0.717, 1.165) is 21.7 Å². The van der Waals surface area contributed by atoms with Crippen molar-refractivity contribution in [2.24, 2.45) is 5.92 Å². The zero-order valence-electron chi connectivity index (χ0n) is 11.9. The first kappa shape index (κ1) is 13.8. The fourth-order valence-electron chi connectivity index (χ4n) is 2.40. The van der Waals surface area contributed by atoms with Gasteiger partial charge in [-0.2, -0.15) is 0 Å². The molecule has 4 heteroatoms. The molecule has 3 nitrogen and oxygen atoms in total. The Bertz CT molecular complexity index is 858. The minimum atomic E-state index is -0.206. The Morgan fingerprint density at radius 2 is 2.14 bits per heavy atom. The van der Waals surface area contributed by atoms with Crippen molar-refractivity contribution in [3.63, 3.8) is 0 Å². The number of hydrogen-bond acceptors (Lipinski definition) is 2. The molecule has 21 heavy (non-hydrogen) atoms. The van der Waals surface area contributed by atoms with E-state index in [1.165, 1.54) is 11.8 Å². The van der Waals surface area contributed by atoms with E-state index < -0.39 is 0 Å². The first-order valence-electron chi connectivity index (χ1n) is 6.80. The van der Waals surface area contributed by atoms with Gasteiger partial charge in [-0.3, -0.25) is 4.79 Å². The van der Waals surface area contributed by atoms with Crippen LogP contribution in [0.2, 0.25) is 0 Å². The molecule has 0 aliphatic heterocycles. The second-order valence-corrected chi connectivity index (χ2v) is 5.64. The quantitative estimate of drug-likeness (QED) is 0.864. The number of nitrogens with zero attached hydrogens (tertiary/aromatic N) is 1. The molecule has 2 aromatic rings. The van der Waals surface area contributed by atoms with Crippen molar-refractivity contribution in [1.82, 2.24) is 9.97 Å². The maximum atomic E-state index is 11.4.